The van der Waals surface area contributed by atoms with E-state index in [0.717, 1.165) is 0 Å². The van der Waals surface area contributed by atoms with Crippen LogP contribution in [0.1, 0.15) is 5.56 Å². The summed E-state index contributed by atoms with van der Waals surface area (Å²) in [5.74, 6) is -0.379. The lowest BCUT2D eigenvalue weighted by molar-refractivity contribution is -0.107. The van der Waals surface area contributed by atoms with Crippen molar-refractivity contribution < 1.29 is 9.18 Å². The number of rotatable bonds is 3. The average Bonchev–Trinajstić information content (AvgIpc) is 2.14. The molecule has 4 heteroatoms. The molecule has 15 heavy (non-hydrogen) atoms. The average molecular weight is 226 g/mol. The van der Waals surface area contributed by atoms with Gasteiger partial charge in [0.2, 0.25) is 5.24 Å². The van der Waals surface area contributed by atoms with Crippen LogP contribution in [0.25, 0.3) is 6.08 Å². The third-order valence-corrected chi connectivity index (χ3v) is 1.79. The zero-order valence-corrected chi connectivity index (χ0v) is 8.54. The number of carbonyl (C=O) groups is 1. The maximum absolute atomic E-state index is 12.7. The van der Waals surface area contributed by atoms with E-state index in [4.69, 9.17) is 17.3 Å². The minimum atomic E-state index is -0.549. The van der Waals surface area contributed by atoms with Gasteiger partial charge >= 0.3 is 0 Å². The topological polar surface area (TPSA) is 43.1 Å². The van der Waals surface area contributed by atoms with E-state index in [0.29, 0.717) is 11.3 Å². The molecule has 1 rings (SSSR count). The number of carbonyl (C=O) groups excluding carboxylic acids is 1. The van der Waals surface area contributed by atoms with Crippen molar-refractivity contribution in [2.24, 2.45) is 0 Å². The van der Waals surface area contributed by atoms with Crippen LogP contribution >= 0.6 is 11.6 Å². The molecule has 0 saturated carbocycles. The highest BCUT2D eigenvalue weighted by Gasteiger charge is 1.95. The summed E-state index contributed by atoms with van der Waals surface area (Å²) in [7, 11) is 0. The monoisotopic (exact) mass is 225 g/mol. The Kier molecular flexibility index (Phi) is 4.06. The molecule has 0 amide bonds. The fraction of sp³-hybridized carbons (Fsp3) is 0. The van der Waals surface area contributed by atoms with E-state index in [2.05, 4.69) is 0 Å². The van der Waals surface area contributed by atoms with Crippen LogP contribution in [0.4, 0.5) is 10.1 Å². The molecule has 0 fully saturated rings. The Hall–Kier alpha value is -1.61. The molecule has 0 spiro atoms. The van der Waals surface area contributed by atoms with Crippen LogP contribution in [0.15, 0.2) is 36.4 Å². The van der Waals surface area contributed by atoms with Crippen molar-refractivity contribution in [2.75, 3.05) is 5.73 Å². The SMILES string of the molecule is Nc1cc(F)ccc1/C=C/C=C/C(=O)Cl. The lowest BCUT2D eigenvalue weighted by Crippen LogP contribution is -1.89. The molecule has 0 radical (unpaired) electrons. The van der Waals surface area contributed by atoms with Crippen LogP contribution in [0, 0.1) is 5.82 Å². The number of benzene rings is 1. The maximum atomic E-state index is 12.7. The van der Waals surface area contributed by atoms with Crippen LogP contribution in [0.5, 0.6) is 0 Å². The fourth-order valence-corrected chi connectivity index (χ4v) is 1.06. The van der Waals surface area contributed by atoms with Crippen LogP contribution in [0.3, 0.4) is 0 Å². The summed E-state index contributed by atoms with van der Waals surface area (Å²) in [6.07, 6.45) is 5.95. The molecule has 0 atom stereocenters. The number of allylic oxidation sites excluding steroid dienone is 3. The molecule has 78 valence electrons. The molecule has 2 N–H and O–H groups in total. The van der Waals surface area contributed by atoms with Crippen LogP contribution in [0.2, 0.25) is 0 Å². The molecule has 0 aromatic heterocycles. The van der Waals surface area contributed by atoms with Gasteiger partial charge in [0.1, 0.15) is 5.82 Å². The van der Waals surface area contributed by atoms with Gasteiger partial charge in [0.05, 0.1) is 0 Å². The Labute approximate surface area is 91.8 Å². The van der Waals surface area contributed by atoms with Crippen molar-refractivity contribution in [3.05, 3.63) is 47.8 Å². The Morgan fingerprint density at radius 1 is 1.40 bits per heavy atom. The molecule has 0 unspecified atom stereocenters. The van der Waals surface area contributed by atoms with Gasteiger partial charge in [-0.2, -0.15) is 0 Å². The van der Waals surface area contributed by atoms with Gasteiger partial charge in [-0.25, -0.2) is 4.39 Å². The second kappa shape index (κ2) is 5.32. The summed E-state index contributed by atoms with van der Waals surface area (Å²) in [6, 6.07) is 4.10. The summed E-state index contributed by atoms with van der Waals surface area (Å²) >= 11 is 5.08. The summed E-state index contributed by atoms with van der Waals surface area (Å²) in [5, 5.41) is -0.549. The first kappa shape index (κ1) is 11.5. The van der Waals surface area contributed by atoms with Gasteiger partial charge in [0.25, 0.3) is 0 Å². The van der Waals surface area contributed by atoms with Gasteiger partial charge in [0, 0.05) is 5.69 Å². The Bertz CT molecular complexity index is 427. The van der Waals surface area contributed by atoms with E-state index in [1.165, 1.54) is 24.3 Å². The smallest absolute Gasteiger partial charge is 0.245 e. The van der Waals surface area contributed by atoms with E-state index in [1.807, 2.05) is 0 Å². The minimum Gasteiger partial charge on any atom is -0.398 e. The van der Waals surface area contributed by atoms with Crippen LogP contribution in [-0.2, 0) is 4.79 Å². The highest BCUT2D eigenvalue weighted by atomic mass is 35.5. The molecule has 0 aliphatic carbocycles. The lowest BCUT2D eigenvalue weighted by Gasteiger charge is -1.98. The first-order chi connectivity index (χ1) is 7.09. The standard InChI is InChI=1S/C11H9ClFNO/c12-11(15)4-2-1-3-8-5-6-9(13)7-10(8)14/h1-7H,14H2/b3-1+,4-2+. The number of hydrogen-bond donors (Lipinski definition) is 1. The molecule has 0 saturated heterocycles. The van der Waals surface area contributed by atoms with E-state index >= 15 is 0 Å². The predicted molar refractivity (Wildman–Crippen MR) is 59.8 cm³/mol. The van der Waals surface area contributed by atoms with Crippen molar-refractivity contribution in [1.29, 1.82) is 0 Å². The summed E-state index contributed by atoms with van der Waals surface area (Å²) in [6.45, 7) is 0. The van der Waals surface area contributed by atoms with Gasteiger partial charge in [0.15, 0.2) is 0 Å². The number of nitrogen functional groups attached to an aromatic ring is 1. The summed E-state index contributed by atoms with van der Waals surface area (Å²) < 4.78 is 12.7. The fourth-order valence-electron chi connectivity index (χ4n) is 0.988. The van der Waals surface area contributed by atoms with E-state index in [9.17, 15) is 9.18 Å². The zero-order chi connectivity index (χ0) is 11.3. The third kappa shape index (κ3) is 3.95. The van der Waals surface area contributed by atoms with Gasteiger partial charge in [-0.15, -0.1) is 0 Å². The highest BCUT2D eigenvalue weighted by molar-refractivity contribution is 6.66. The molecule has 2 nitrogen and oxygen atoms in total. The number of halogens is 2. The van der Waals surface area contributed by atoms with Crippen molar-refractivity contribution >= 4 is 28.6 Å². The molecular formula is C11H9ClFNO. The van der Waals surface area contributed by atoms with E-state index in [1.54, 1.807) is 18.2 Å². The van der Waals surface area contributed by atoms with Crippen molar-refractivity contribution in [2.45, 2.75) is 0 Å². The largest absolute Gasteiger partial charge is 0.398 e. The lowest BCUT2D eigenvalue weighted by atomic mass is 10.1. The molecule has 0 aliphatic heterocycles. The first-order valence-electron chi connectivity index (χ1n) is 4.19. The second-order valence-electron chi connectivity index (χ2n) is 2.80. The number of nitrogens with two attached hydrogens (primary N) is 1. The van der Waals surface area contributed by atoms with E-state index < -0.39 is 5.24 Å². The number of anilines is 1. The van der Waals surface area contributed by atoms with Crippen LogP contribution < -0.4 is 5.73 Å². The van der Waals surface area contributed by atoms with E-state index in [-0.39, 0.29) is 5.82 Å². The summed E-state index contributed by atoms with van der Waals surface area (Å²) in [5.41, 5.74) is 6.58. The molecule has 0 bridgehead atoms. The zero-order valence-electron chi connectivity index (χ0n) is 7.78. The normalized spacial score (nSPS) is 11.3. The minimum absolute atomic E-state index is 0.344. The molecule has 1 aromatic carbocycles. The van der Waals surface area contributed by atoms with Crippen LogP contribution in [-0.4, -0.2) is 5.24 Å². The maximum Gasteiger partial charge on any atom is 0.245 e. The predicted octanol–water partition coefficient (Wildman–Crippen LogP) is 2.74. The Morgan fingerprint density at radius 2 is 2.13 bits per heavy atom. The van der Waals surface area contributed by atoms with Crippen molar-refractivity contribution in [1.82, 2.24) is 0 Å². The van der Waals surface area contributed by atoms with Gasteiger partial charge in [-0.05, 0) is 35.4 Å². The molecule has 0 heterocycles. The Morgan fingerprint density at radius 3 is 2.73 bits per heavy atom. The molecular weight excluding hydrogens is 217 g/mol. The quantitative estimate of drug-likeness (QED) is 0.372. The number of hydrogen-bond acceptors (Lipinski definition) is 2. The molecule has 0 aliphatic rings. The second-order valence-corrected chi connectivity index (χ2v) is 3.17. The van der Waals surface area contributed by atoms with Gasteiger partial charge in [-0.3, -0.25) is 4.79 Å². The van der Waals surface area contributed by atoms with Crippen molar-refractivity contribution in [3.8, 4) is 0 Å². The highest BCUT2D eigenvalue weighted by Crippen LogP contribution is 2.14. The first-order valence-corrected chi connectivity index (χ1v) is 4.56. The van der Waals surface area contributed by atoms with Gasteiger partial charge in [-0.1, -0.05) is 24.3 Å². The third-order valence-electron chi connectivity index (χ3n) is 1.66. The van der Waals surface area contributed by atoms with Gasteiger partial charge < -0.3 is 5.73 Å². The molecule has 1 aromatic rings. The summed E-state index contributed by atoms with van der Waals surface area (Å²) in [4.78, 5) is 10.3. The van der Waals surface area contributed by atoms with Crippen molar-refractivity contribution in [3.63, 3.8) is 0 Å². The Balaban J connectivity index is 2.77.